The number of rotatable bonds is 1. The molecule has 2 heterocycles. The summed E-state index contributed by atoms with van der Waals surface area (Å²) >= 11 is 6.16. The summed E-state index contributed by atoms with van der Waals surface area (Å²) < 4.78 is 1.98. The highest BCUT2D eigenvalue weighted by atomic mass is 35.5. The lowest BCUT2D eigenvalue weighted by Crippen LogP contribution is -1.85. The molecule has 0 fully saturated rings. The number of aromatic nitrogens is 2. The summed E-state index contributed by atoms with van der Waals surface area (Å²) in [6, 6.07) is 2.00. The zero-order valence-corrected chi connectivity index (χ0v) is 9.34. The number of hydrogen-bond acceptors (Lipinski definition) is 1. The second-order valence-corrected chi connectivity index (χ2v) is 4.24. The molecule has 0 atom stereocenters. The van der Waals surface area contributed by atoms with Gasteiger partial charge in [-0.05, 0) is 24.5 Å². The molecule has 0 N–H and O–H groups in total. The van der Waals surface area contributed by atoms with E-state index in [1.165, 1.54) is 0 Å². The van der Waals surface area contributed by atoms with Gasteiger partial charge in [-0.3, -0.25) is 0 Å². The lowest BCUT2D eigenvalue weighted by Gasteiger charge is -1.98. The van der Waals surface area contributed by atoms with Crippen molar-refractivity contribution in [1.82, 2.24) is 9.38 Å². The smallest absolute Gasteiger partial charge is 0.156 e. The summed E-state index contributed by atoms with van der Waals surface area (Å²) in [5.41, 5.74) is 3.01. The van der Waals surface area contributed by atoms with E-state index in [0.29, 0.717) is 5.92 Å². The first-order chi connectivity index (χ1) is 6.59. The summed E-state index contributed by atoms with van der Waals surface area (Å²) in [6.07, 6.45) is 4.03. The number of imidazole rings is 1. The Morgan fingerprint density at radius 2 is 2.14 bits per heavy atom. The van der Waals surface area contributed by atoms with E-state index >= 15 is 0 Å². The van der Waals surface area contributed by atoms with Crippen molar-refractivity contribution in [3.63, 3.8) is 0 Å². The standard InChI is InChI=1S/C11H13ClN2/c1-7(2)9-6-14-5-4-8(3)10(12)11(14)13-9/h4-7H,1-3H3. The van der Waals surface area contributed by atoms with Crippen LogP contribution in [0.15, 0.2) is 18.5 Å². The van der Waals surface area contributed by atoms with Crippen molar-refractivity contribution < 1.29 is 0 Å². The van der Waals surface area contributed by atoms with E-state index in [9.17, 15) is 0 Å². The van der Waals surface area contributed by atoms with Crippen LogP contribution in [-0.2, 0) is 0 Å². The van der Waals surface area contributed by atoms with Gasteiger partial charge in [0.1, 0.15) is 0 Å². The van der Waals surface area contributed by atoms with E-state index in [4.69, 9.17) is 11.6 Å². The molecule has 0 aromatic carbocycles. The average molecular weight is 209 g/mol. The normalized spacial score (nSPS) is 11.5. The molecule has 0 bridgehead atoms. The number of nitrogens with zero attached hydrogens (tertiary/aromatic N) is 2. The Balaban J connectivity index is 2.71. The van der Waals surface area contributed by atoms with Gasteiger partial charge in [-0.25, -0.2) is 4.98 Å². The van der Waals surface area contributed by atoms with Crippen LogP contribution in [0.5, 0.6) is 0 Å². The fourth-order valence-corrected chi connectivity index (χ4v) is 1.61. The predicted octanol–water partition coefficient (Wildman–Crippen LogP) is 3.42. The zero-order valence-electron chi connectivity index (χ0n) is 8.58. The molecule has 3 heteroatoms. The van der Waals surface area contributed by atoms with Gasteiger partial charge in [0, 0.05) is 12.4 Å². The first kappa shape index (κ1) is 9.53. The molecule has 2 rings (SSSR count). The summed E-state index contributed by atoms with van der Waals surface area (Å²) in [6.45, 7) is 6.25. The van der Waals surface area contributed by atoms with Crippen LogP contribution in [-0.4, -0.2) is 9.38 Å². The van der Waals surface area contributed by atoms with Gasteiger partial charge in [-0.15, -0.1) is 0 Å². The monoisotopic (exact) mass is 208 g/mol. The van der Waals surface area contributed by atoms with Gasteiger partial charge >= 0.3 is 0 Å². The molecular formula is C11H13ClN2. The number of pyridine rings is 1. The largest absolute Gasteiger partial charge is 0.306 e. The van der Waals surface area contributed by atoms with Crippen LogP contribution in [0.25, 0.3) is 5.65 Å². The summed E-state index contributed by atoms with van der Waals surface area (Å²) in [7, 11) is 0. The van der Waals surface area contributed by atoms with E-state index in [0.717, 1.165) is 21.9 Å². The molecule has 2 aromatic heterocycles. The van der Waals surface area contributed by atoms with E-state index in [1.807, 2.05) is 29.8 Å². The maximum absolute atomic E-state index is 6.16. The van der Waals surface area contributed by atoms with Crippen molar-refractivity contribution in [2.75, 3.05) is 0 Å². The lowest BCUT2D eigenvalue weighted by molar-refractivity contribution is 0.834. The van der Waals surface area contributed by atoms with Gasteiger partial charge in [0.05, 0.1) is 10.7 Å². The number of hydrogen-bond donors (Lipinski definition) is 0. The molecule has 74 valence electrons. The Bertz CT molecular complexity index is 471. The Labute approximate surface area is 88.5 Å². The SMILES string of the molecule is Cc1ccn2cc(C(C)C)nc2c1Cl. The molecule has 0 saturated heterocycles. The van der Waals surface area contributed by atoms with Crippen LogP contribution in [0.4, 0.5) is 0 Å². The molecule has 0 aliphatic rings. The zero-order chi connectivity index (χ0) is 10.3. The third-order valence-corrected chi connectivity index (χ3v) is 2.84. The molecule has 0 saturated carbocycles. The third kappa shape index (κ3) is 1.40. The molecule has 14 heavy (non-hydrogen) atoms. The Kier molecular flexibility index (Phi) is 2.23. The summed E-state index contributed by atoms with van der Waals surface area (Å²) in [5, 5.41) is 0.749. The van der Waals surface area contributed by atoms with Gasteiger partial charge < -0.3 is 4.40 Å². The van der Waals surface area contributed by atoms with Gasteiger partial charge in [-0.2, -0.15) is 0 Å². The second-order valence-electron chi connectivity index (χ2n) is 3.86. The minimum Gasteiger partial charge on any atom is -0.306 e. The molecule has 2 nitrogen and oxygen atoms in total. The minimum atomic E-state index is 0.436. The van der Waals surface area contributed by atoms with Gasteiger partial charge in [0.2, 0.25) is 0 Å². The fourth-order valence-electron chi connectivity index (χ4n) is 1.41. The number of aryl methyl sites for hydroxylation is 1. The minimum absolute atomic E-state index is 0.436. The van der Waals surface area contributed by atoms with Gasteiger partial charge in [-0.1, -0.05) is 25.4 Å². The van der Waals surface area contributed by atoms with Crippen LogP contribution in [0.3, 0.4) is 0 Å². The number of fused-ring (bicyclic) bond motifs is 1. The fraction of sp³-hybridized carbons (Fsp3) is 0.364. The van der Waals surface area contributed by atoms with Crippen LogP contribution < -0.4 is 0 Å². The Morgan fingerprint density at radius 1 is 1.43 bits per heavy atom. The van der Waals surface area contributed by atoms with Gasteiger partial charge in [0.15, 0.2) is 5.65 Å². The average Bonchev–Trinajstić information content (AvgIpc) is 2.56. The van der Waals surface area contributed by atoms with E-state index in [-0.39, 0.29) is 0 Å². The summed E-state index contributed by atoms with van der Waals surface area (Å²) in [5.74, 6) is 0.436. The highest BCUT2D eigenvalue weighted by Crippen LogP contribution is 2.23. The van der Waals surface area contributed by atoms with E-state index < -0.39 is 0 Å². The van der Waals surface area contributed by atoms with Crippen LogP contribution in [0, 0.1) is 6.92 Å². The number of halogens is 1. The van der Waals surface area contributed by atoms with Crippen molar-refractivity contribution in [3.05, 3.63) is 34.7 Å². The molecule has 2 aromatic rings. The van der Waals surface area contributed by atoms with Crippen LogP contribution in [0.2, 0.25) is 5.02 Å². The Hall–Kier alpha value is -1.02. The molecule has 0 aliphatic carbocycles. The van der Waals surface area contributed by atoms with Crippen molar-refractivity contribution in [3.8, 4) is 0 Å². The quantitative estimate of drug-likeness (QED) is 0.702. The molecule has 0 unspecified atom stereocenters. The molecular weight excluding hydrogens is 196 g/mol. The predicted molar refractivity (Wildman–Crippen MR) is 59.0 cm³/mol. The van der Waals surface area contributed by atoms with Crippen molar-refractivity contribution in [2.24, 2.45) is 0 Å². The summed E-state index contributed by atoms with van der Waals surface area (Å²) in [4.78, 5) is 4.50. The van der Waals surface area contributed by atoms with Gasteiger partial charge in [0.25, 0.3) is 0 Å². The van der Waals surface area contributed by atoms with Crippen LogP contribution >= 0.6 is 11.6 Å². The third-order valence-electron chi connectivity index (χ3n) is 2.37. The van der Waals surface area contributed by atoms with Crippen LogP contribution in [0.1, 0.15) is 31.0 Å². The molecule has 0 spiro atoms. The molecule has 0 aliphatic heterocycles. The van der Waals surface area contributed by atoms with Crippen molar-refractivity contribution in [2.45, 2.75) is 26.7 Å². The Morgan fingerprint density at radius 3 is 2.79 bits per heavy atom. The second kappa shape index (κ2) is 3.28. The van der Waals surface area contributed by atoms with Crippen molar-refractivity contribution >= 4 is 17.2 Å². The lowest BCUT2D eigenvalue weighted by atomic mass is 10.2. The van der Waals surface area contributed by atoms with Crippen molar-refractivity contribution in [1.29, 1.82) is 0 Å². The highest BCUT2D eigenvalue weighted by Gasteiger charge is 2.08. The first-order valence-electron chi connectivity index (χ1n) is 4.73. The topological polar surface area (TPSA) is 17.3 Å². The molecule has 0 radical (unpaired) electrons. The first-order valence-corrected chi connectivity index (χ1v) is 5.11. The maximum Gasteiger partial charge on any atom is 0.156 e. The van der Waals surface area contributed by atoms with E-state index in [2.05, 4.69) is 18.8 Å². The highest BCUT2D eigenvalue weighted by molar-refractivity contribution is 6.34. The van der Waals surface area contributed by atoms with E-state index in [1.54, 1.807) is 0 Å². The molecule has 0 amide bonds. The maximum atomic E-state index is 6.16.